The fourth-order valence-electron chi connectivity index (χ4n) is 3.13. The molecule has 2 unspecified atom stereocenters. The Labute approximate surface area is 138 Å². The summed E-state index contributed by atoms with van der Waals surface area (Å²) in [7, 11) is -4.40. The molecule has 0 heterocycles. The first kappa shape index (κ1) is 17.5. The number of nitrogens with two attached hydrogens (primary N) is 1. The summed E-state index contributed by atoms with van der Waals surface area (Å²) >= 11 is 0. The monoisotopic (exact) mass is 332 g/mol. The van der Waals surface area contributed by atoms with Crippen LogP contribution in [0.15, 0.2) is 53.4 Å². The molecule has 0 saturated heterocycles. The van der Waals surface area contributed by atoms with Gasteiger partial charge in [0, 0.05) is 5.69 Å². The second kappa shape index (κ2) is 7.15. The van der Waals surface area contributed by atoms with E-state index < -0.39 is 10.1 Å². The van der Waals surface area contributed by atoms with Crippen LogP contribution in [-0.4, -0.2) is 13.0 Å². The highest BCUT2D eigenvalue weighted by molar-refractivity contribution is 7.85. The number of hydrogen-bond donors (Lipinski definition) is 1. The van der Waals surface area contributed by atoms with E-state index in [4.69, 9.17) is 5.73 Å². The van der Waals surface area contributed by atoms with E-state index in [0.29, 0.717) is 5.92 Å². The van der Waals surface area contributed by atoms with Crippen molar-refractivity contribution >= 4 is 15.8 Å². The lowest BCUT2D eigenvalue weighted by molar-refractivity contribution is 0.463. The molecule has 0 aliphatic carbocycles. The molecule has 0 spiro atoms. The summed E-state index contributed by atoms with van der Waals surface area (Å²) in [5, 5.41) is 0. The van der Waals surface area contributed by atoms with Crippen LogP contribution in [0.3, 0.4) is 0 Å². The molecule has 2 rings (SSSR count). The van der Waals surface area contributed by atoms with Gasteiger partial charge in [0.15, 0.2) is 0 Å². The molecule has 0 amide bonds. The maximum Gasteiger partial charge on any atom is 0.124 e. The van der Waals surface area contributed by atoms with Gasteiger partial charge in [-0.15, -0.1) is 0 Å². The minimum absolute atomic E-state index is 0.184. The lowest BCUT2D eigenvalue weighted by atomic mass is 9.78. The zero-order chi connectivity index (χ0) is 17.0. The standard InChI is InChI=1S/C18H23NO3S/c1-3-17(13-5-9-15(19)10-6-13)18(4-2)14-7-11-16(12-8-14)23(20,21)22/h5-12,17-18H,3-4,19H2,1-2H3,(H,20,21,22)/p-1. The van der Waals surface area contributed by atoms with Gasteiger partial charge in [-0.05, 0) is 60.1 Å². The van der Waals surface area contributed by atoms with Crippen molar-refractivity contribution in [3.05, 3.63) is 59.7 Å². The Balaban J connectivity index is 2.35. The fourth-order valence-corrected chi connectivity index (χ4v) is 3.60. The number of nitrogen functional groups attached to an aromatic ring is 1. The SMILES string of the molecule is CCC(c1ccc(N)cc1)C(CC)c1ccc(S(=O)(=O)[O-])cc1. The minimum Gasteiger partial charge on any atom is -0.744 e. The molecule has 2 aromatic rings. The highest BCUT2D eigenvalue weighted by atomic mass is 32.2. The Morgan fingerprint density at radius 2 is 1.26 bits per heavy atom. The zero-order valence-corrected chi connectivity index (χ0v) is 14.2. The van der Waals surface area contributed by atoms with Gasteiger partial charge in [-0.1, -0.05) is 38.1 Å². The summed E-state index contributed by atoms with van der Waals surface area (Å²) in [6, 6.07) is 14.2. The summed E-state index contributed by atoms with van der Waals surface area (Å²) in [4.78, 5) is -0.184. The number of benzene rings is 2. The van der Waals surface area contributed by atoms with E-state index in [0.717, 1.165) is 24.1 Å². The summed E-state index contributed by atoms with van der Waals surface area (Å²) in [5.41, 5.74) is 8.76. The zero-order valence-electron chi connectivity index (χ0n) is 13.4. The molecule has 0 aromatic heterocycles. The third-order valence-electron chi connectivity index (χ3n) is 4.33. The molecule has 0 saturated carbocycles. The molecule has 23 heavy (non-hydrogen) atoms. The first-order valence-corrected chi connectivity index (χ1v) is 9.19. The molecule has 4 nitrogen and oxygen atoms in total. The van der Waals surface area contributed by atoms with Gasteiger partial charge in [0.05, 0.1) is 4.90 Å². The average Bonchev–Trinajstić information content (AvgIpc) is 2.53. The van der Waals surface area contributed by atoms with E-state index in [9.17, 15) is 13.0 Å². The Bertz CT molecular complexity index is 737. The predicted octanol–water partition coefficient (Wildman–Crippen LogP) is 3.86. The third-order valence-corrected chi connectivity index (χ3v) is 5.18. The van der Waals surface area contributed by atoms with E-state index in [1.807, 2.05) is 24.3 Å². The molecule has 124 valence electrons. The maximum atomic E-state index is 11.1. The van der Waals surface area contributed by atoms with Crippen molar-refractivity contribution in [1.29, 1.82) is 0 Å². The Hall–Kier alpha value is -1.85. The molecular formula is C18H22NO3S-. The van der Waals surface area contributed by atoms with Gasteiger partial charge in [-0.3, -0.25) is 0 Å². The normalized spacial score (nSPS) is 14.4. The summed E-state index contributed by atoms with van der Waals surface area (Å²) < 4.78 is 33.2. The van der Waals surface area contributed by atoms with Gasteiger partial charge >= 0.3 is 0 Å². The predicted molar refractivity (Wildman–Crippen MR) is 91.3 cm³/mol. The summed E-state index contributed by atoms with van der Waals surface area (Å²) in [5.74, 6) is 0.572. The molecule has 2 atom stereocenters. The highest BCUT2D eigenvalue weighted by Crippen LogP contribution is 2.38. The van der Waals surface area contributed by atoms with Crippen molar-refractivity contribution in [1.82, 2.24) is 0 Å². The Morgan fingerprint density at radius 3 is 1.61 bits per heavy atom. The fraction of sp³-hybridized carbons (Fsp3) is 0.333. The smallest absolute Gasteiger partial charge is 0.124 e. The average molecular weight is 332 g/mol. The van der Waals surface area contributed by atoms with Gasteiger partial charge in [-0.25, -0.2) is 8.42 Å². The minimum atomic E-state index is -4.40. The summed E-state index contributed by atoms with van der Waals surface area (Å²) in [6.45, 7) is 4.25. The first-order valence-electron chi connectivity index (χ1n) is 7.78. The molecule has 0 radical (unpaired) electrons. The molecule has 0 bridgehead atoms. The second-order valence-corrected chi connectivity index (χ2v) is 7.10. The van der Waals surface area contributed by atoms with Crippen LogP contribution < -0.4 is 5.73 Å². The lowest BCUT2D eigenvalue weighted by Gasteiger charge is -2.26. The van der Waals surface area contributed by atoms with Crippen LogP contribution in [0.2, 0.25) is 0 Å². The molecular weight excluding hydrogens is 310 g/mol. The van der Waals surface area contributed by atoms with Crippen molar-refractivity contribution in [3.8, 4) is 0 Å². The number of anilines is 1. The van der Waals surface area contributed by atoms with E-state index in [1.54, 1.807) is 12.1 Å². The highest BCUT2D eigenvalue weighted by Gasteiger charge is 2.22. The van der Waals surface area contributed by atoms with Crippen molar-refractivity contribution in [2.75, 3.05) is 5.73 Å². The van der Waals surface area contributed by atoms with Crippen molar-refractivity contribution in [2.45, 2.75) is 43.4 Å². The van der Waals surface area contributed by atoms with Gasteiger partial charge in [0.25, 0.3) is 0 Å². The van der Waals surface area contributed by atoms with Crippen molar-refractivity contribution in [3.63, 3.8) is 0 Å². The van der Waals surface area contributed by atoms with E-state index in [2.05, 4.69) is 13.8 Å². The number of hydrogen-bond acceptors (Lipinski definition) is 4. The molecule has 0 fully saturated rings. The van der Waals surface area contributed by atoms with E-state index in [1.165, 1.54) is 17.7 Å². The van der Waals surface area contributed by atoms with Gasteiger partial charge in [0.1, 0.15) is 10.1 Å². The van der Waals surface area contributed by atoms with Gasteiger partial charge < -0.3 is 10.3 Å². The molecule has 2 aromatic carbocycles. The molecule has 0 aliphatic rings. The van der Waals surface area contributed by atoms with E-state index >= 15 is 0 Å². The Kier molecular flexibility index (Phi) is 5.44. The lowest BCUT2D eigenvalue weighted by Crippen LogP contribution is -2.11. The van der Waals surface area contributed by atoms with Gasteiger partial charge in [-0.2, -0.15) is 0 Å². The van der Waals surface area contributed by atoms with Gasteiger partial charge in [0.2, 0.25) is 0 Å². The molecule has 0 aliphatic heterocycles. The van der Waals surface area contributed by atoms with E-state index in [-0.39, 0.29) is 10.8 Å². The van der Waals surface area contributed by atoms with Crippen LogP contribution in [0.25, 0.3) is 0 Å². The molecule has 2 N–H and O–H groups in total. The third kappa shape index (κ3) is 4.12. The van der Waals surface area contributed by atoms with Crippen molar-refractivity contribution < 1.29 is 13.0 Å². The van der Waals surface area contributed by atoms with Crippen LogP contribution in [0.4, 0.5) is 5.69 Å². The topological polar surface area (TPSA) is 83.2 Å². The van der Waals surface area contributed by atoms with Crippen LogP contribution in [0.5, 0.6) is 0 Å². The van der Waals surface area contributed by atoms with Crippen LogP contribution in [-0.2, 0) is 10.1 Å². The quantitative estimate of drug-likeness (QED) is 0.643. The van der Waals surface area contributed by atoms with Crippen molar-refractivity contribution in [2.24, 2.45) is 0 Å². The summed E-state index contributed by atoms with van der Waals surface area (Å²) in [6.07, 6.45) is 1.89. The van der Waals surface area contributed by atoms with Crippen LogP contribution >= 0.6 is 0 Å². The largest absolute Gasteiger partial charge is 0.744 e. The molecule has 5 heteroatoms. The Morgan fingerprint density at radius 1 is 0.870 bits per heavy atom. The number of rotatable bonds is 6. The van der Waals surface area contributed by atoms with Crippen LogP contribution in [0.1, 0.15) is 49.7 Å². The first-order chi connectivity index (χ1) is 10.9. The second-order valence-electron chi connectivity index (χ2n) is 5.72. The van der Waals surface area contributed by atoms with Crippen LogP contribution in [0, 0.1) is 0 Å². The maximum absolute atomic E-state index is 11.1.